The number of carbonyl (C=O) groups excluding carboxylic acids is 1. The summed E-state index contributed by atoms with van der Waals surface area (Å²) >= 11 is 0. The van der Waals surface area contributed by atoms with Crippen LogP contribution in [0.15, 0.2) is 12.1 Å². The molecule has 6 nitrogen and oxygen atoms in total. The maximum absolute atomic E-state index is 10.6. The van der Waals surface area contributed by atoms with E-state index in [2.05, 4.69) is 5.32 Å². The topological polar surface area (TPSA) is 77.0 Å². The zero-order chi connectivity index (χ0) is 13.0. The Morgan fingerprint density at radius 1 is 1.56 bits per heavy atom. The largest absolute Gasteiger partial charge is 0.492 e. The van der Waals surface area contributed by atoms with Crippen molar-refractivity contribution in [1.29, 1.82) is 0 Å². The fraction of sp³-hybridized carbons (Fsp3) is 0.250. The number of nitrogens with one attached hydrogen (secondary N) is 1. The SMILES string of the molecule is COc1c(/C=C/CO)c(NC=O)cc2c1OCO2. The van der Waals surface area contributed by atoms with Crippen molar-refractivity contribution in [2.75, 3.05) is 25.8 Å². The fourth-order valence-corrected chi connectivity index (χ4v) is 1.75. The minimum absolute atomic E-state index is 0.111. The molecular weight excluding hydrogens is 238 g/mol. The highest BCUT2D eigenvalue weighted by molar-refractivity contribution is 5.85. The van der Waals surface area contributed by atoms with E-state index in [0.29, 0.717) is 34.9 Å². The number of benzene rings is 1. The minimum Gasteiger partial charge on any atom is -0.492 e. The van der Waals surface area contributed by atoms with Gasteiger partial charge in [0.15, 0.2) is 11.5 Å². The maximum atomic E-state index is 10.6. The molecule has 0 atom stereocenters. The highest BCUT2D eigenvalue weighted by Gasteiger charge is 2.24. The zero-order valence-electron chi connectivity index (χ0n) is 9.80. The summed E-state index contributed by atoms with van der Waals surface area (Å²) in [7, 11) is 1.50. The lowest BCUT2D eigenvalue weighted by molar-refractivity contribution is -0.105. The summed E-state index contributed by atoms with van der Waals surface area (Å²) in [5, 5.41) is 11.4. The summed E-state index contributed by atoms with van der Waals surface area (Å²) in [4.78, 5) is 10.6. The molecule has 0 fully saturated rings. The average molecular weight is 251 g/mol. The second-order valence-electron chi connectivity index (χ2n) is 3.45. The Labute approximate surface area is 104 Å². The molecule has 0 radical (unpaired) electrons. The van der Waals surface area contributed by atoms with Crippen LogP contribution < -0.4 is 19.5 Å². The Hall–Kier alpha value is -2.21. The van der Waals surface area contributed by atoms with Crippen LogP contribution in [0, 0.1) is 0 Å². The van der Waals surface area contributed by atoms with E-state index in [1.54, 1.807) is 12.1 Å². The highest BCUT2D eigenvalue weighted by atomic mass is 16.7. The number of hydrogen-bond acceptors (Lipinski definition) is 5. The Morgan fingerprint density at radius 2 is 2.39 bits per heavy atom. The van der Waals surface area contributed by atoms with Gasteiger partial charge in [-0.3, -0.25) is 4.79 Å². The number of aliphatic hydroxyl groups excluding tert-OH is 1. The Morgan fingerprint density at radius 3 is 3.06 bits per heavy atom. The standard InChI is InChI=1S/C12H13NO5/c1-16-11-8(3-2-4-14)9(13-6-15)5-10-12(11)18-7-17-10/h2-3,5-6,14H,4,7H2,1H3,(H,13,15)/b3-2+. The first-order valence-electron chi connectivity index (χ1n) is 5.30. The Bertz CT molecular complexity index is 484. The Kier molecular flexibility index (Phi) is 3.69. The maximum Gasteiger partial charge on any atom is 0.231 e. The molecule has 1 aliphatic heterocycles. The van der Waals surface area contributed by atoms with Crippen molar-refractivity contribution in [2.45, 2.75) is 0 Å². The first kappa shape index (κ1) is 12.3. The third-order valence-corrected chi connectivity index (χ3v) is 2.47. The van der Waals surface area contributed by atoms with E-state index in [-0.39, 0.29) is 13.4 Å². The van der Waals surface area contributed by atoms with Gasteiger partial charge >= 0.3 is 0 Å². The van der Waals surface area contributed by atoms with Gasteiger partial charge in [-0.1, -0.05) is 12.2 Å². The van der Waals surface area contributed by atoms with Crippen LogP contribution in [-0.2, 0) is 4.79 Å². The number of amides is 1. The molecule has 18 heavy (non-hydrogen) atoms. The number of hydrogen-bond donors (Lipinski definition) is 2. The van der Waals surface area contributed by atoms with Crippen LogP contribution in [-0.4, -0.2) is 32.0 Å². The van der Waals surface area contributed by atoms with E-state index in [4.69, 9.17) is 19.3 Å². The van der Waals surface area contributed by atoms with Crippen LogP contribution in [0.3, 0.4) is 0 Å². The summed E-state index contributed by atoms with van der Waals surface area (Å²) < 4.78 is 15.8. The van der Waals surface area contributed by atoms with Gasteiger partial charge in [-0.25, -0.2) is 0 Å². The third-order valence-electron chi connectivity index (χ3n) is 2.47. The van der Waals surface area contributed by atoms with Gasteiger partial charge in [0.1, 0.15) is 0 Å². The normalized spacial score (nSPS) is 12.8. The van der Waals surface area contributed by atoms with Gasteiger partial charge in [-0.2, -0.15) is 0 Å². The average Bonchev–Trinajstić information content (AvgIpc) is 2.83. The van der Waals surface area contributed by atoms with E-state index < -0.39 is 0 Å². The van der Waals surface area contributed by atoms with E-state index in [1.807, 2.05) is 0 Å². The molecule has 2 rings (SSSR count). The van der Waals surface area contributed by atoms with Crippen molar-refractivity contribution in [3.05, 3.63) is 17.7 Å². The predicted molar refractivity (Wildman–Crippen MR) is 64.9 cm³/mol. The molecule has 1 heterocycles. The van der Waals surface area contributed by atoms with Crippen LogP contribution in [0.1, 0.15) is 5.56 Å². The number of aliphatic hydroxyl groups is 1. The summed E-state index contributed by atoms with van der Waals surface area (Å²) in [5.41, 5.74) is 1.14. The van der Waals surface area contributed by atoms with Crippen molar-refractivity contribution in [3.63, 3.8) is 0 Å². The number of ether oxygens (including phenoxy) is 3. The molecule has 1 aromatic carbocycles. The summed E-state index contributed by atoms with van der Waals surface area (Å²) in [6.45, 7) is -0.00246. The molecule has 96 valence electrons. The predicted octanol–water partition coefficient (Wildman–Crippen LogP) is 0.998. The summed E-state index contributed by atoms with van der Waals surface area (Å²) in [6, 6.07) is 1.65. The lowest BCUT2D eigenvalue weighted by Gasteiger charge is -2.12. The van der Waals surface area contributed by atoms with Crippen molar-refractivity contribution >= 4 is 18.2 Å². The monoisotopic (exact) mass is 251 g/mol. The molecule has 0 unspecified atom stereocenters. The molecule has 1 aliphatic rings. The van der Waals surface area contributed by atoms with E-state index >= 15 is 0 Å². The van der Waals surface area contributed by atoms with Crippen molar-refractivity contribution in [1.82, 2.24) is 0 Å². The number of anilines is 1. The second kappa shape index (κ2) is 5.42. The zero-order valence-corrected chi connectivity index (χ0v) is 9.80. The molecule has 0 spiro atoms. The number of rotatable bonds is 5. The van der Waals surface area contributed by atoms with Crippen LogP contribution in [0.25, 0.3) is 6.08 Å². The van der Waals surface area contributed by atoms with E-state index in [1.165, 1.54) is 13.2 Å². The molecule has 1 amide bonds. The molecule has 0 bridgehead atoms. The van der Waals surface area contributed by atoms with Crippen molar-refractivity contribution in [3.8, 4) is 17.2 Å². The van der Waals surface area contributed by atoms with E-state index in [0.717, 1.165) is 0 Å². The van der Waals surface area contributed by atoms with Gasteiger partial charge < -0.3 is 24.6 Å². The van der Waals surface area contributed by atoms with Crippen LogP contribution in [0.2, 0.25) is 0 Å². The van der Waals surface area contributed by atoms with Gasteiger partial charge in [0, 0.05) is 11.6 Å². The molecule has 0 saturated heterocycles. The first-order chi connectivity index (χ1) is 8.81. The van der Waals surface area contributed by atoms with Gasteiger partial charge in [0.25, 0.3) is 0 Å². The van der Waals surface area contributed by atoms with Crippen molar-refractivity contribution < 1.29 is 24.1 Å². The number of carbonyl (C=O) groups is 1. The molecule has 0 aliphatic carbocycles. The van der Waals surface area contributed by atoms with Crippen LogP contribution in [0.4, 0.5) is 5.69 Å². The van der Waals surface area contributed by atoms with Gasteiger partial charge in [-0.15, -0.1) is 0 Å². The van der Waals surface area contributed by atoms with Crippen LogP contribution >= 0.6 is 0 Å². The smallest absolute Gasteiger partial charge is 0.231 e. The second-order valence-corrected chi connectivity index (χ2v) is 3.45. The summed E-state index contributed by atoms with van der Waals surface area (Å²) in [5.74, 6) is 1.46. The van der Waals surface area contributed by atoms with Crippen molar-refractivity contribution in [2.24, 2.45) is 0 Å². The highest BCUT2D eigenvalue weighted by Crippen LogP contribution is 2.47. The fourth-order valence-electron chi connectivity index (χ4n) is 1.75. The van der Waals surface area contributed by atoms with Crippen LogP contribution in [0.5, 0.6) is 17.2 Å². The molecule has 6 heteroatoms. The Balaban J connectivity index is 2.57. The number of fused-ring (bicyclic) bond motifs is 1. The third kappa shape index (κ3) is 2.10. The van der Waals surface area contributed by atoms with E-state index in [9.17, 15) is 4.79 Å². The lowest BCUT2D eigenvalue weighted by atomic mass is 10.1. The molecular formula is C12H13NO5. The van der Waals surface area contributed by atoms with Gasteiger partial charge in [0.2, 0.25) is 19.0 Å². The molecule has 2 N–H and O–H groups in total. The molecule has 0 saturated carbocycles. The first-order valence-corrected chi connectivity index (χ1v) is 5.30. The number of methoxy groups -OCH3 is 1. The molecule has 0 aromatic heterocycles. The summed E-state index contributed by atoms with van der Waals surface area (Å²) in [6.07, 6.45) is 3.75. The molecule has 1 aromatic rings. The van der Waals surface area contributed by atoms with Gasteiger partial charge in [-0.05, 0) is 0 Å². The lowest BCUT2D eigenvalue weighted by Crippen LogP contribution is -1.99. The minimum atomic E-state index is -0.113. The quantitative estimate of drug-likeness (QED) is 0.763. The van der Waals surface area contributed by atoms with Gasteiger partial charge in [0.05, 0.1) is 19.4 Å².